The van der Waals surface area contributed by atoms with Crippen molar-refractivity contribution in [3.63, 3.8) is 0 Å². The molecule has 0 unspecified atom stereocenters. The summed E-state index contributed by atoms with van der Waals surface area (Å²) in [6.45, 7) is 4.66. The molecule has 2 N–H and O–H groups in total. The summed E-state index contributed by atoms with van der Waals surface area (Å²) >= 11 is 1.35. The number of rotatable bonds is 7. The van der Waals surface area contributed by atoms with E-state index in [1.54, 1.807) is 30.6 Å². The normalized spacial score (nSPS) is 17.3. The second-order valence-electron chi connectivity index (χ2n) is 11.1. The number of nitrogens with zero attached hydrogens (tertiary/aromatic N) is 6. The van der Waals surface area contributed by atoms with Crippen LogP contribution in [0.25, 0.3) is 32.9 Å². The van der Waals surface area contributed by atoms with Crippen LogP contribution in [0.3, 0.4) is 0 Å². The van der Waals surface area contributed by atoms with Crippen molar-refractivity contribution in [2.45, 2.75) is 12.5 Å². The van der Waals surface area contributed by atoms with Crippen LogP contribution in [0.15, 0.2) is 73.1 Å². The van der Waals surface area contributed by atoms with E-state index < -0.39 is 0 Å². The molecule has 0 spiro atoms. The second kappa shape index (κ2) is 12.1. The van der Waals surface area contributed by atoms with Gasteiger partial charge in [-0.2, -0.15) is 5.10 Å². The lowest BCUT2D eigenvalue weighted by atomic mass is 10.1. The molecule has 224 valence electrons. The van der Waals surface area contributed by atoms with Crippen molar-refractivity contribution in [2.75, 3.05) is 50.7 Å². The number of piperazine rings is 1. The summed E-state index contributed by atoms with van der Waals surface area (Å²) in [4.78, 5) is 42.6. The maximum absolute atomic E-state index is 13.4. The maximum Gasteiger partial charge on any atom is 0.261 e. The van der Waals surface area contributed by atoms with Crippen molar-refractivity contribution in [3.8, 4) is 22.6 Å². The van der Waals surface area contributed by atoms with Gasteiger partial charge >= 0.3 is 0 Å². The van der Waals surface area contributed by atoms with Crippen LogP contribution in [0.5, 0.6) is 0 Å². The molecule has 44 heavy (non-hydrogen) atoms. The first-order valence-electron chi connectivity index (χ1n) is 14.7. The quantitative estimate of drug-likeness (QED) is 0.286. The van der Waals surface area contributed by atoms with Crippen molar-refractivity contribution in [2.24, 2.45) is 0 Å². The highest BCUT2D eigenvalue weighted by atomic mass is 32.1. The van der Waals surface area contributed by atoms with Gasteiger partial charge in [-0.15, -0.1) is 11.3 Å². The van der Waals surface area contributed by atoms with Gasteiger partial charge in [-0.25, -0.2) is 14.4 Å². The van der Waals surface area contributed by atoms with Gasteiger partial charge < -0.3 is 15.1 Å². The number of aromatic nitrogens is 4. The lowest BCUT2D eigenvalue weighted by Crippen LogP contribution is -2.51. The fraction of sp³-hybridized carbons (Fsp3) is 0.281. The van der Waals surface area contributed by atoms with Crippen molar-refractivity contribution >= 4 is 39.1 Å². The summed E-state index contributed by atoms with van der Waals surface area (Å²) in [6, 6.07) is 18.0. The highest BCUT2D eigenvalue weighted by molar-refractivity contribution is 7.20. The van der Waals surface area contributed by atoms with Gasteiger partial charge in [-0.3, -0.25) is 19.6 Å². The Bertz CT molecular complexity index is 1770. The van der Waals surface area contributed by atoms with E-state index in [4.69, 9.17) is 0 Å². The Morgan fingerprint density at radius 1 is 0.955 bits per heavy atom. The summed E-state index contributed by atoms with van der Waals surface area (Å²) in [5.41, 5.74) is 3.58. The number of nitrogens with one attached hydrogen (secondary N) is 2. The molecule has 0 saturated carbocycles. The number of halogens is 1. The molecule has 5 aromatic rings. The van der Waals surface area contributed by atoms with Crippen LogP contribution in [0.1, 0.15) is 16.1 Å². The third-order valence-electron chi connectivity index (χ3n) is 8.25. The number of carbonyl (C=O) groups excluding carboxylic acids is 2. The maximum atomic E-state index is 13.4. The predicted octanol–water partition coefficient (Wildman–Crippen LogP) is 4.04. The number of fused-ring (bicyclic) bond motifs is 1. The lowest BCUT2D eigenvalue weighted by Gasteiger charge is -2.36. The Balaban J connectivity index is 0.886. The van der Waals surface area contributed by atoms with Gasteiger partial charge in [-0.1, -0.05) is 0 Å². The molecule has 1 atom stereocenters. The Hall–Kier alpha value is -4.68. The number of thiophene rings is 1. The molecule has 2 aromatic carbocycles. The van der Waals surface area contributed by atoms with Crippen molar-refractivity contribution < 1.29 is 14.0 Å². The minimum Gasteiger partial charge on any atom is -0.368 e. The number of benzene rings is 2. The summed E-state index contributed by atoms with van der Waals surface area (Å²) in [6.07, 6.45) is 4.27. The molecule has 10 nitrogen and oxygen atoms in total. The average Bonchev–Trinajstić information content (AvgIpc) is 3.79. The van der Waals surface area contributed by atoms with Crippen molar-refractivity contribution in [3.05, 3.63) is 83.8 Å². The third kappa shape index (κ3) is 5.90. The molecule has 12 heteroatoms. The van der Waals surface area contributed by atoms with Crippen LogP contribution in [0.2, 0.25) is 0 Å². The van der Waals surface area contributed by atoms with Crippen molar-refractivity contribution in [1.29, 1.82) is 0 Å². The molecule has 3 aromatic heterocycles. The minimum atomic E-state index is -0.307. The first-order chi connectivity index (χ1) is 21.5. The summed E-state index contributed by atoms with van der Waals surface area (Å²) < 4.78 is 13.4. The van der Waals surface area contributed by atoms with E-state index in [0.29, 0.717) is 42.6 Å². The number of hydrogen-bond acceptors (Lipinski definition) is 8. The molecule has 7 rings (SSSR count). The van der Waals surface area contributed by atoms with Crippen LogP contribution >= 0.6 is 11.3 Å². The van der Waals surface area contributed by atoms with E-state index in [2.05, 4.69) is 47.4 Å². The van der Waals surface area contributed by atoms with Gasteiger partial charge in [0.25, 0.3) is 5.91 Å². The molecule has 0 bridgehead atoms. The first kappa shape index (κ1) is 28.1. The van der Waals surface area contributed by atoms with Gasteiger partial charge in [-0.05, 0) is 67.1 Å². The van der Waals surface area contributed by atoms with E-state index in [1.165, 1.54) is 23.5 Å². The second-order valence-corrected chi connectivity index (χ2v) is 12.2. The number of hydrogen-bond donors (Lipinski definition) is 2. The van der Waals surface area contributed by atoms with E-state index in [9.17, 15) is 14.0 Å². The van der Waals surface area contributed by atoms with Crippen LogP contribution in [0.4, 0.5) is 10.1 Å². The molecule has 2 amide bonds. The van der Waals surface area contributed by atoms with Crippen LogP contribution in [-0.4, -0.2) is 93.6 Å². The number of carbonyl (C=O) groups is 2. The molecular weight excluding hydrogens is 579 g/mol. The first-order valence-corrected chi connectivity index (χ1v) is 15.5. The zero-order chi connectivity index (χ0) is 30.0. The third-order valence-corrected chi connectivity index (χ3v) is 9.29. The van der Waals surface area contributed by atoms with E-state index in [1.807, 2.05) is 23.1 Å². The van der Waals surface area contributed by atoms with E-state index >= 15 is 0 Å². The summed E-state index contributed by atoms with van der Waals surface area (Å²) in [5.74, 6) is 0.389. The molecule has 0 aliphatic carbocycles. The van der Waals surface area contributed by atoms with E-state index in [-0.39, 0.29) is 23.7 Å². The van der Waals surface area contributed by atoms with Gasteiger partial charge in [0.05, 0.1) is 11.4 Å². The van der Waals surface area contributed by atoms with Gasteiger partial charge in [0.15, 0.2) is 5.82 Å². The minimum absolute atomic E-state index is 0.0217. The highest BCUT2D eigenvalue weighted by Gasteiger charge is 2.29. The van der Waals surface area contributed by atoms with Gasteiger partial charge in [0.2, 0.25) is 5.91 Å². The monoisotopic (exact) mass is 610 g/mol. The largest absolute Gasteiger partial charge is 0.368 e. The van der Waals surface area contributed by atoms with Crippen LogP contribution < -0.4 is 10.2 Å². The number of anilines is 1. The number of H-pyrrole nitrogens is 1. The Morgan fingerprint density at radius 2 is 1.68 bits per heavy atom. The number of aromatic amines is 1. The Morgan fingerprint density at radius 3 is 2.43 bits per heavy atom. The fourth-order valence-electron chi connectivity index (χ4n) is 5.88. The lowest BCUT2D eigenvalue weighted by molar-refractivity contribution is -0.132. The zero-order valence-electron chi connectivity index (χ0n) is 23.9. The predicted molar refractivity (Wildman–Crippen MR) is 168 cm³/mol. The number of likely N-dealkylation sites (tertiary alicyclic amines) is 1. The Kier molecular flexibility index (Phi) is 7.75. The van der Waals surface area contributed by atoms with E-state index in [0.717, 1.165) is 53.1 Å². The SMILES string of the molecule is O=C(N[C@H]1CCN(CC(=O)N2CCN(c3ccc(-c4ncccn4)cc3)CC2)C1)c1cc2c(-c3ccc(F)cc3)n[nH]c2s1. The molecule has 2 saturated heterocycles. The summed E-state index contributed by atoms with van der Waals surface area (Å²) in [7, 11) is 0. The van der Waals surface area contributed by atoms with Crippen LogP contribution in [-0.2, 0) is 4.79 Å². The number of amides is 2. The standard InChI is InChI=1S/C32H31FN8O2S/c33-23-6-2-21(3-7-23)29-26-18-27(44-32(26)38-37-29)31(43)36-24-10-13-39(19-24)20-28(42)41-16-14-40(15-17-41)25-8-4-22(5-9-25)30-34-11-1-12-35-30/h1-9,11-12,18,24H,10,13-17,19-20H2,(H,36,43)(H,37,38)/t24-/m0/s1. The Labute approximate surface area is 257 Å². The fourth-order valence-corrected chi connectivity index (χ4v) is 6.79. The molecule has 2 fully saturated rings. The molecule has 2 aliphatic heterocycles. The molecular formula is C32H31FN8O2S. The van der Waals surface area contributed by atoms with Crippen molar-refractivity contribution in [1.82, 2.24) is 35.3 Å². The molecule has 5 heterocycles. The molecule has 2 aliphatic rings. The molecule has 0 radical (unpaired) electrons. The average molecular weight is 611 g/mol. The van der Waals surface area contributed by atoms with Gasteiger partial charge in [0.1, 0.15) is 16.3 Å². The topological polar surface area (TPSA) is 110 Å². The summed E-state index contributed by atoms with van der Waals surface area (Å²) in [5, 5.41) is 11.3. The smallest absolute Gasteiger partial charge is 0.261 e. The van der Waals surface area contributed by atoms with Gasteiger partial charge in [0, 0.05) is 79.9 Å². The van der Waals surface area contributed by atoms with Crippen LogP contribution in [0, 0.1) is 5.82 Å². The zero-order valence-corrected chi connectivity index (χ0v) is 24.8. The highest BCUT2D eigenvalue weighted by Crippen LogP contribution is 2.32.